The fourth-order valence-corrected chi connectivity index (χ4v) is 1.82. The quantitative estimate of drug-likeness (QED) is 0.695. The molecule has 0 aromatic heterocycles. The maximum atomic E-state index is 9.80. The Morgan fingerprint density at radius 3 is 3.14 bits per heavy atom. The molecule has 0 amide bonds. The molecule has 0 aliphatic carbocycles. The lowest BCUT2D eigenvalue weighted by Gasteiger charge is -2.12. The van der Waals surface area contributed by atoms with Crippen molar-refractivity contribution in [1.82, 2.24) is 5.32 Å². The smallest absolute Gasteiger partial charge is 0.119 e. The Bertz CT molecular complexity index is 325. The maximum Gasteiger partial charge on any atom is 0.119 e. The Morgan fingerprint density at radius 2 is 2.36 bits per heavy atom. The summed E-state index contributed by atoms with van der Waals surface area (Å²) in [6.07, 6.45) is 0.558. The Hall–Kier alpha value is -1.06. The van der Waals surface area contributed by atoms with Crippen LogP contribution < -0.4 is 10.1 Å². The van der Waals surface area contributed by atoms with E-state index in [0.29, 0.717) is 6.54 Å². The summed E-state index contributed by atoms with van der Waals surface area (Å²) in [5.74, 6) is 0.859. The highest BCUT2D eigenvalue weighted by molar-refractivity contribution is 5.37. The molecule has 0 bridgehead atoms. The average Bonchev–Trinajstić information content (AvgIpc) is 2.40. The predicted octanol–water partition coefficient (Wildman–Crippen LogP) is 0.874. The molecular weight excluding hydrogens is 178 g/mol. The fraction of sp³-hybridized carbons (Fsp3) is 0.455. The number of hydrogen-bond acceptors (Lipinski definition) is 3. The largest absolute Gasteiger partial charge is 0.497 e. The predicted molar refractivity (Wildman–Crippen MR) is 54.5 cm³/mol. The van der Waals surface area contributed by atoms with Crippen molar-refractivity contribution in [2.24, 2.45) is 0 Å². The lowest BCUT2D eigenvalue weighted by molar-refractivity contribution is 0.178. The van der Waals surface area contributed by atoms with Crippen molar-refractivity contribution >= 4 is 0 Å². The Kier molecular flexibility index (Phi) is 2.70. The first-order valence-electron chi connectivity index (χ1n) is 4.87. The summed E-state index contributed by atoms with van der Waals surface area (Å²) >= 11 is 0. The van der Waals surface area contributed by atoms with Gasteiger partial charge in [0.2, 0.25) is 0 Å². The minimum Gasteiger partial charge on any atom is -0.497 e. The van der Waals surface area contributed by atoms with Crippen LogP contribution in [0.2, 0.25) is 0 Å². The normalized spacial score (nSPS) is 21.1. The van der Waals surface area contributed by atoms with Gasteiger partial charge in [0.05, 0.1) is 13.2 Å². The van der Waals surface area contributed by atoms with Crippen LogP contribution in [0.3, 0.4) is 0 Å². The van der Waals surface area contributed by atoms with Gasteiger partial charge in [-0.15, -0.1) is 0 Å². The molecule has 76 valence electrons. The molecule has 1 aromatic carbocycles. The van der Waals surface area contributed by atoms with Crippen molar-refractivity contribution in [2.45, 2.75) is 12.5 Å². The Balaban J connectivity index is 2.38. The van der Waals surface area contributed by atoms with Gasteiger partial charge in [0.1, 0.15) is 5.75 Å². The first-order valence-corrected chi connectivity index (χ1v) is 4.87. The third-order valence-corrected chi connectivity index (χ3v) is 2.62. The zero-order chi connectivity index (χ0) is 9.97. The first-order chi connectivity index (χ1) is 6.81. The molecule has 0 radical (unpaired) electrons. The van der Waals surface area contributed by atoms with E-state index in [1.807, 2.05) is 18.2 Å². The summed E-state index contributed by atoms with van der Waals surface area (Å²) in [6.45, 7) is 1.55. The lowest BCUT2D eigenvalue weighted by Crippen LogP contribution is -2.19. The maximum absolute atomic E-state index is 9.80. The van der Waals surface area contributed by atoms with Crippen molar-refractivity contribution in [3.05, 3.63) is 29.3 Å². The van der Waals surface area contributed by atoms with Crippen molar-refractivity contribution < 1.29 is 9.84 Å². The highest BCUT2D eigenvalue weighted by atomic mass is 16.5. The highest BCUT2D eigenvalue weighted by Crippen LogP contribution is 2.24. The monoisotopic (exact) mass is 193 g/mol. The third-order valence-electron chi connectivity index (χ3n) is 2.62. The van der Waals surface area contributed by atoms with E-state index in [1.165, 1.54) is 5.56 Å². The number of rotatable bonds is 1. The van der Waals surface area contributed by atoms with Gasteiger partial charge in [0, 0.05) is 6.54 Å². The van der Waals surface area contributed by atoms with Crippen LogP contribution in [0, 0.1) is 0 Å². The van der Waals surface area contributed by atoms with Gasteiger partial charge >= 0.3 is 0 Å². The van der Waals surface area contributed by atoms with Crippen LogP contribution >= 0.6 is 0 Å². The van der Waals surface area contributed by atoms with Crippen molar-refractivity contribution in [3.63, 3.8) is 0 Å². The molecule has 1 atom stereocenters. The van der Waals surface area contributed by atoms with Crippen LogP contribution in [-0.4, -0.2) is 25.3 Å². The Morgan fingerprint density at radius 1 is 1.50 bits per heavy atom. The van der Waals surface area contributed by atoms with Crippen LogP contribution in [0.1, 0.15) is 17.2 Å². The van der Waals surface area contributed by atoms with E-state index in [4.69, 9.17) is 4.74 Å². The van der Waals surface area contributed by atoms with E-state index < -0.39 is 6.10 Å². The van der Waals surface area contributed by atoms with Crippen molar-refractivity contribution in [3.8, 4) is 5.75 Å². The molecule has 1 aliphatic rings. The summed E-state index contributed by atoms with van der Waals surface area (Å²) in [5, 5.41) is 13.0. The second kappa shape index (κ2) is 3.98. The number of methoxy groups -OCH3 is 1. The third kappa shape index (κ3) is 1.74. The SMILES string of the molecule is COc1ccc2c(c1)CCNCC2O. The summed E-state index contributed by atoms with van der Waals surface area (Å²) in [4.78, 5) is 0. The zero-order valence-electron chi connectivity index (χ0n) is 8.29. The molecule has 3 nitrogen and oxygen atoms in total. The van der Waals surface area contributed by atoms with Gasteiger partial charge in [0.15, 0.2) is 0 Å². The highest BCUT2D eigenvalue weighted by Gasteiger charge is 2.15. The zero-order valence-corrected chi connectivity index (χ0v) is 8.29. The number of β-amino-alcohol motifs (C(OH)–C–C–N with tert-alkyl or cyclic N) is 1. The molecule has 2 N–H and O–H groups in total. The number of nitrogens with one attached hydrogen (secondary N) is 1. The van der Waals surface area contributed by atoms with Gasteiger partial charge in [0.25, 0.3) is 0 Å². The van der Waals surface area contributed by atoms with E-state index >= 15 is 0 Å². The van der Waals surface area contributed by atoms with E-state index in [9.17, 15) is 5.11 Å². The van der Waals surface area contributed by atoms with Crippen molar-refractivity contribution in [2.75, 3.05) is 20.2 Å². The van der Waals surface area contributed by atoms with Crippen molar-refractivity contribution in [1.29, 1.82) is 0 Å². The second-order valence-electron chi connectivity index (χ2n) is 3.53. The van der Waals surface area contributed by atoms with Gasteiger partial charge in [-0.3, -0.25) is 0 Å². The van der Waals surface area contributed by atoms with Gasteiger partial charge in [-0.1, -0.05) is 6.07 Å². The fourth-order valence-electron chi connectivity index (χ4n) is 1.82. The van der Waals surface area contributed by atoms with Crippen LogP contribution in [0.5, 0.6) is 5.75 Å². The molecule has 1 unspecified atom stereocenters. The molecule has 2 rings (SSSR count). The molecule has 0 spiro atoms. The first kappa shape index (κ1) is 9.49. The molecular formula is C11H15NO2. The van der Waals surface area contributed by atoms with E-state index in [-0.39, 0.29) is 0 Å². The molecule has 14 heavy (non-hydrogen) atoms. The van der Waals surface area contributed by atoms with E-state index in [2.05, 4.69) is 5.32 Å². The summed E-state index contributed by atoms with van der Waals surface area (Å²) in [5.41, 5.74) is 2.21. The standard InChI is InChI=1S/C11H15NO2/c1-14-9-2-3-10-8(6-9)4-5-12-7-11(10)13/h2-3,6,11-13H,4-5,7H2,1H3. The molecule has 1 aromatic rings. The molecule has 1 heterocycles. The van der Waals surface area contributed by atoms with E-state index in [0.717, 1.165) is 24.3 Å². The minimum absolute atomic E-state index is 0.390. The number of benzene rings is 1. The number of fused-ring (bicyclic) bond motifs is 1. The van der Waals surface area contributed by atoms with Gasteiger partial charge in [-0.05, 0) is 36.2 Å². The summed E-state index contributed by atoms with van der Waals surface area (Å²) in [7, 11) is 1.66. The van der Waals surface area contributed by atoms with Crippen LogP contribution in [0.4, 0.5) is 0 Å². The van der Waals surface area contributed by atoms with Crippen LogP contribution in [0.25, 0.3) is 0 Å². The number of aliphatic hydroxyl groups is 1. The number of hydrogen-bond donors (Lipinski definition) is 2. The topological polar surface area (TPSA) is 41.5 Å². The van der Waals surface area contributed by atoms with Gasteiger partial charge < -0.3 is 15.2 Å². The van der Waals surface area contributed by atoms with E-state index in [1.54, 1.807) is 7.11 Å². The molecule has 0 fully saturated rings. The Labute approximate surface area is 83.7 Å². The molecule has 3 heteroatoms. The minimum atomic E-state index is -0.390. The number of aliphatic hydroxyl groups excluding tert-OH is 1. The molecule has 1 aliphatic heterocycles. The van der Waals surface area contributed by atoms with Gasteiger partial charge in [-0.25, -0.2) is 0 Å². The number of ether oxygens (including phenoxy) is 1. The second-order valence-corrected chi connectivity index (χ2v) is 3.53. The summed E-state index contributed by atoms with van der Waals surface area (Å²) < 4.78 is 5.15. The summed E-state index contributed by atoms with van der Waals surface area (Å²) in [6, 6.07) is 5.85. The lowest BCUT2D eigenvalue weighted by atomic mass is 10.0. The van der Waals surface area contributed by atoms with Crippen LogP contribution in [0.15, 0.2) is 18.2 Å². The van der Waals surface area contributed by atoms with Gasteiger partial charge in [-0.2, -0.15) is 0 Å². The molecule has 0 saturated heterocycles. The average molecular weight is 193 g/mol. The molecule has 0 saturated carbocycles. The van der Waals surface area contributed by atoms with Crippen LogP contribution in [-0.2, 0) is 6.42 Å².